The molecule has 2 heterocycles. The first-order valence-electron chi connectivity index (χ1n) is 7.19. The summed E-state index contributed by atoms with van der Waals surface area (Å²) in [6, 6.07) is 12.2. The van der Waals surface area contributed by atoms with Gasteiger partial charge in [0.15, 0.2) is 0 Å². The van der Waals surface area contributed by atoms with Crippen molar-refractivity contribution in [2.24, 2.45) is 0 Å². The largest absolute Gasteiger partial charge is 0.453 e. The third kappa shape index (κ3) is 2.17. The van der Waals surface area contributed by atoms with Gasteiger partial charge in [0, 0.05) is 17.4 Å². The quantitative estimate of drug-likeness (QED) is 0.804. The van der Waals surface area contributed by atoms with Gasteiger partial charge in [-0.05, 0) is 12.1 Å². The van der Waals surface area contributed by atoms with Crippen LogP contribution in [0.4, 0.5) is 16.3 Å². The van der Waals surface area contributed by atoms with Crippen LogP contribution in [-0.4, -0.2) is 17.8 Å². The van der Waals surface area contributed by atoms with Crippen LogP contribution in [0.3, 0.4) is 0 Å². The molecular weight excluding hydrogens is 334 g/mol. The Hall–Kier alpha value is -4.47. The number of carbonyl (C=O) groups excluding carboxylic acids is 1. The van der Waals surface area contributed by atoms with E-state index in [4.69, 9.17) is 0 Å². The highest BCUT2D eigenvalue weighted by molar-refractivity contribution is 5.86. The zero-order chi connectivity index (χ0) is 18.9. The van der Waals surface area contributed by atoms with Crippen molar-refractivity contribution in [3.8, 4) is 30.0 Å². The van der Waals surface area contributed by atoms with E-state index in [0.29, 0.717) is 16.9 Å². The molecule has 26 heavy (non-hydrogen) atoms. The van der Waals surface area contributed by atoms with E-state index in [1.807, 2.05) is 24.3 Å². The fraction of sp³-hybridized carbons (Fsp3) is 0.118. The number of nitrogens with zero attached hydrogens (tertiary/aromatic N) is 5. The Morgan fingerprint density at radius 2 is 1.96 bits per heavy atom. The maximum absolute atomic E-state index is 11.4. The smallest absolute Gasteiger partial charge is 0.411 e. The van der Waals surface area contributed by atoms with E-state index in [-0.39, 0.29) is 16.9 Å². The molecule has 0 aliphatic carbocycles. The number of amides is 1. The van der Waals surface area contributed by atoms with E-state index in [1.54, 1.807) is 0 Å². The Kier molecular flexibility index (Phi) is 3.70. The normalized spacial score (nSPS) is 12.7. The number of aromatic nitrogens is 1. The molecule has 2 aromatic rings. The second-order valence-electron chi connectivity index (χ2n) is 5.31. The first-order chi connectivity index (χ1) is 12.5. The zero-order valence-corrected chi connectivity index (χ0v) is 13.4. The average Bonchev–Trinajstić information content (AvgIpc) is 3.04. The third-order valence-corrected chi connectivity index (χ3v) is 3.97. The standard InChI is InChI=1S/C17H9N7O2/c1-26-16(25)22-11-2-3-13-14(4-11)24-7-10(5-18)12(6-19)15(24)23-17(13,8-20)9-21/h2-4,7,23H,1H3,(H,22,25). The minimum Gasteiger partial charge on any atom is -0.453 e. The summed E-state index contributed by atoms with van der Waals surface area (Å²) in [5.74, 6) is 0.162. The van der Waals surface area contributed by atoms with E-state index < -0.39 is 11.6 Å². The molecule has 0 saturated heterocycles. The molecule has 0 unspecified atom stereocenters. The number of benzene rings is 1. The lowest BCUT2D eigenvalue weighted by Crippen LogP contribution is -2.37. The second kappa shape index (κ2) is 5.87. The van der Waals surface area contributed by atoms with Gasteiger partial charge in [0.1, 0.15) is 35.7 Å². The molecule has 2 N–H and O–H groups in total. The second-order valence-corrected chi connectivity index (χ2v) is 5.31. The van der Waals surface area contributed by atoms with Crippen molar-refractivity contribution in [2.45, 2.75) is 5.54 Å². The number of ether oxygens (including phenoxy) is 1. The lowest BCUT2D eigenvalue weighted by molar-refractivity contribution is 0.187. The number of methoxy groups -OCH3 is 1. The highest BCUT2D eigenvalue weighted by atomic mass is 16.5. The van der Waals surface area contributed by atoms with Crippen LogP contribution in [0.15, 0.2) is 24.4 Å². The predicted molar refractivity (Wildman–Crippen MR) is 87.8 cm³/mol. The number of fused-ring (bicyclic) bond motifs is 3. The molecule has 0 radical (unpaired) electrons. The first kappa shape index (κ1) is 16.4. The van der Waals surface area contributed by atoms with E-state index in [9.17, 15) is 25.8 Å². The van der Waals surface area contributed by atoms with Gasteiger partial charge in [-0.25, -0.2) is 4.79 Å². The Morgan fingerprint density at radius 1 is 1.23 bits per heavy atom. The first-order valence-corrected chi connectivity index (χ1v) is 7.19. The fourth-order valence-corrected chi connectivity index (χ4v) is 2.76. The molecule has 9 heteroatoms. The van der Waals surface area contributed by atoms with E-state index in [2.05, 4.69) is 15.4 Å². The summed E-state index contributed by atoms with van der Waals surface area (Å²) in [6.45, 7) is 0. The molecule has 1 aromatic carbocycles. The maximum atomic E-state index is 11.4. The van der Waals surface area contributed by atoms with Crippen molar-refractivity contribution in [1.29, 1.82) is 21.0 Å². The van der Waals surface area contributed by atoms with Gasteiger partial charge >= 0.3 is 6.09 Å². The Morgan fingerprint density at radius 3 is 2.54 bits per heavy atom. The molecule has 0 bridgehead atoms. The van der Waals surface area contributed by atoms with Crippen LogP contribution in [0.2, 0.25) is 0 Å². The summed E-state index contributed by atoms with van der Waals surface area (Å²) in [7, 11) is 1.22. The molecule has 124 valence electrons. The SMILES string of the molecule is COC(=O)Nc1ccc2c(c1)-n1cc(C#N)c(C#N)c1NC2(C#N)C#N. The van der Waals surface area contributed by atoms with E-state index in [0.717, 1.165) is 0 Å². The maximum Gasteiger partial charge on any atom is 0.411 e. The van der Waals surface area contributed by atoms with Crippen LogP contribution in [-0.2, 0) is 10.3 Å². The molecule has 9 nitrogen and oxygen atoms in total. The fourth-order valence-electron chi connectivity index (χ4n) is 2.76. The van der Waals surface area contributed by atoms with Crippen molar-refractivity contribution >= 4 is 17.6 Å². The summed E-state index contributed by atoms with van der Waals surface area (Å²) in [4.78, 5) is 11.4. The highest BCUT2D eigenvalue weighted by Crippen LogP contribution is 2.41. The molecule has 1 amide bonds. The van der Waals surface area contributed by atoms with Crippen LogP contribution in [0.25, 0.3) is 5.69 Å². The van der Waals surface area contributed by atoms with Crippen LogP contribution < -0.4 is 10.6 Å². The average molecular weight is 343 g/mol. The van der Waals surface area contributed by atoms with Gasteiger partial charge in [-0.15, -0.1) is 0 Å². The third-order valence-electron chi connectivity index (χ3n) is 3.97. The van der Waals surface area contributed by atoms with Gasteiger partial charge in [-0.3, -0.25) is 5.32 Å². The lowest BCUT2D eigenvalue weighted by atomic mass is 9.89. The Bertz CT molecular complexity index is 1090. The summed E-state index contributed by atoms with van der Waals surface area (Å²) in [6.07, 6.45) is 0.745. The number of hydrogen-bond acceptors (Lipinski definition) is 7. The molecule has 3 rings (SSSR count). The van der Waals surface area contributed by atoms with Crippen LogP contribution >= 0.6 is 0 Å². The van der Waals surface area contributed by atoms with Gasteiger partial charge in [-0.2, -0.15) is 21.0 Å². The van der Waals surface area contributed by atoms with Crippen molar-refractivity contribution < 1.29 is 9.53 Å². The van der Waals surface area contributed by atoms with Gasteiger partial charge in [0.25, 0.3) is 0 Å². The Labute approximate surface area is 147 Å². The van der Waals surface area contributed by atoms with Crippen LogP contribution in [0, 0.1) is 45.3 Å². The molecule has 1 aromatic heterocycles. The number of nitrogens with one attached hydrogen (secondary N) is 2. The highest BCUT2D eigenvalue weighted by Gasteiger charge is 2.41. The number of carbonyl (C=O) groups is 1. The van der Waals surface area contributed by atoms with Gasteiger partial charge < -0.3 is 14.6 Å². The van der Waals surface area contributed by atoms with Crippen LogP contribution in [0.5, 0.6) is 0 Å². The van der Waals surface area contributed by atoms with Crippen LogP contribution in [0.1, 0.15) is 16.7 Å². The summed E-state index contributed by atoms with van der Waals surface area (Å²) in [5, 5.41) is 43.1. The number of hydrogen-bond donors (Lipinski definition) is 2. The van der Waals surface area contributed by atoms with E-state index >= 15 is 0 Å². The number of anilines is 2. The summed E-state index contributed by atoms with van der Waals surface area (Å²) in [5.41, 5.74) is -0.549. The van der Waals surface area contributed by atoms with Gasteiger partial charge in [0.2, 0.25) is 5.54 Å². The summed E-state index contributed by atoms with van der Waals surface area (Å²) >= 11 is 0. The molecule has 0 fully saturated rings. The van der Waals surface area contributed by atoms with Crippen molar-refractivity contribution in [1.82, 2.24) is 4.57 Å². The molecule has 0 atom stereocenters. The molecule has 0 spiro atoms. The molecule has 1 aliphatic rings. The minimum absolute atomic E-state index is 0.0272. The monoisotopic (exact) mass is 343 g/mol. The molecule has 0 saturated carbocycles. The van der Waals surface area contributed by atoms with Crippen molar-refractivity contribution in [2.75, 3.05) is 17.7 Å². The predicted octanol–water partition coefficient (Wildman–Crippen LogP) is 2.07. The number of nitriles is 4. The Balaban J connectivity index is 2.31. The van der Waals surface area contributed by atoms with Gasteiger partial charge in [0.05, 0.1) is 18.4 Å². The topological polar surface area (TPSA) is 150 Å². The van der Waals surface area contributed by atoms with Crippen molar-refractivity contribution in [3.05, 3.63) is 41.1 Å². The number of rotatable bonds is 1. The molecule has 1 aliphatic heterocycles. The summed E-state index contributed by atoms with van der Waals surface area (Å²) < 4.78 is 6.05. The van der Waals surface area contributed by atoms with E-state index in [1.165, 1.54) is 36.1 Å². The minimum atomic E-state index is -1.74. The zero-order valence-electron chi connectivity index (χ0n) is 13.4. The van der Waals surface area contributed by atoms with Gasteiger partial charge in [-0.1, -0.05) is 6.07 Å². The lowest BCUT2D eigenvalue weighted by Gasteiger charge is -2.31. The molecular formula is C17H9N7O2. The van der Waals surface area contributed by atoms with Crippen molar-refractivity contribution in [3.63, 3.8) is 0 Å².